The summed E-state index contributed by atoms with van der Waals surface area (Å²) in [6.45, 7) is 1.99. The van der Waals surface area contributed by atoms with E-state index >= 15 is 0 Å². The largest absolute Gasteiger partial charge is 0.459 e. The SMILES string of the molecule is CC(=O)Nc1ccc(N(C(=O)CNC(=O)c2ccco2)[C@@H](C(=O)NC[C@H]2CCCO2)c2ccccc2)cc1. The van der Waals surface area contributed by atoms with Gasteiger partial charge in [-0.2, -0.15) is 0 Å². The van der Waals surface area contributed by atoms with Gasteiger partial charge in [-0.25, -0.2) is 0 Å². The van der Waals surface area contributed by atoms with E-state index in [1.54, 1.807) is 54.6 Å². The van der Waals surface area contributed by atoms with Gasteiger partial charge >= 0.3 is 0 Å². The summed E-state index contributed by atoms with van der Waals surface area (Å²) in [5.74, 6) is -1.62. The van der Waals surface area contributed by atoms with E-state index in [4.69, 9.17) is 9.15 Å². The van der Waals surface area contributed by atoms with E-state index in [1.165, 1.54) is 24.2 Å². The lowest BCUT2D eigenvalue weighted by molar-refractivity contribution is -0.126. The zero-order valence-electron chi connectivity index (χ0n) is 21.0. The molecule has 4 rings (SSSR count). The number of hydrogen-bond acceptors (Lipinski definition) is 6. The zero-order chi connectivity index (χ0) is 26.9. The fourth-order valence-corrected chi connectivity index (χ4v) is 4.25. The predicted octanol–water partition coefficient (Wildman–Crippen LogP) is 3.04. The van der Waals surface area contributed by atoms with Crippen LogP contribution < -0.4 is 20.9 Å². The summed E-state index contributed by atoms with van der Waals surface area (Å²) in [6.07, 6.45) is 3.07. The van der Waals surface area contributed by atoms with Crippen LogP contribution in [0.4, 0.5) is 11.4 Å². The molecule has 1 saturated heterocycles. The molecule has 2 aromatic carbocycles. The number of carbonyl (C=O) groups excluding carboxylic acids is 4. The monoisotopic (exact) mass is 518 g/mol. The van der Waals surface area contributed by atoms with Crippen molar-refractivity contribution in [1.82, 2.24) is 10.6 Å². The number of nitrogens with one attached hydrogen (secondary N) is 3. The molecule has 1 aliphatic rings. The van der Waals surface area contributed by atoms with Crippen molar-refractivity contribution in [3.05, 3.63) is 84.3 Å². The molecule has 10 heteroatoms. The molecule has 3 aromatic rings. The number of ether oxygens (including phenoxy) is 1. The molecule has 0 aliphatic carbocycles. The molecular formula is C28H30N4O6. The minimum atomic E-state index is -1.03. The van der Waals surface area contributed by atoms with E-state index < -0.39 is 17.9 Å². The van der Waals surface area contributed by atoms with Gasteiger partial charge in [0, 0.05) is 31.5 Å². The third-order valence-corrected chi connectivity index (χ3v) is 6.03. The summed E-state index contributed by atoms with van der Waals surface area (Å²) in [6, 6.07) is 17.5. The van der Waals surface area contributed by atoms with Gasteiger partial charge in [-0.3, -0.25) is 24.1 Å². The Labute approximate surface area is 220 Å². The minimum absolute atomic E-state index is 0.0675. The third kappa shape index (κ3) is 6.86. The average molecular weight is 519 g/mol. The smallest absolute Gasteiger partial charge is 0.287 e. The molecule has 38 heavy (non-hydrogen) atoms. The molecule has 1 fully saturated rings. The number of carbonyl (C=O) groups is 4. The number of hydrogen-bond donors (Lipinski definition) is 3. The Morgan fingerprint density at radius 2 is 1.74 bits per heavy atom. The zero-order valence-corrected chi connectivity index (χ0v) is 21.0. The quantitative estimate of drug-likeness (QED) is 0.378. The van der Waals surface area contributed by atoms with Crippen molar-refractivity contribution in [2.24, 2.45) is 0 Å². The first-order chi connectivity index (χ1) is 18.4. The second-order valence-electron chi connectivity index (χ2n) is 8.85. The van der Waals surface area contributed by atoms with Gasteiger partial charge in [0.05, 0.1) is 18.9 Å². The van der Waals surface area contributed by atoms with Crippen LogP contribution in [-0.2, 0) is 19.1 Å². The van der Waals surface area contributed by atoms with E-state index in [0.717, 1.165) is 12.8 Å². The van der Waals surface area contributed by atoms with Crippen molar-refractivity contribution >= 4 is 35.0 Å². The first-order valence-corrected chi connectivity index (χ1v) is 12.4. The average Bonchev–Trinajstić information content (AvgIpc) is 3.64. The maximum atomic E-state index is 13.7. The lowest BCUT2D eigenvalue weighted by atomic mass is 10.0. The summed E-state index contributed by atoms with van der Waals surface area (Å²) in [5, 5.41) is 8.19. The molecule has 2 heterocycles. The highest BCUT2D eigenvalue weighted by Gasteiger charge is 2.33. The van der Waals surface area contributed by atoms with Crippen LogP contribution >= 0.6 is 0 Å². The van der Waals surface area contributed by atoms with Gasteiger partial charge in [0.2, 0.25) is 17.7 Å². The number of benzene rings is 2. The number of anilines is 2. The molecule has 3 N–H and O–H groups in total. The first kappa shape index (κ1) is 26.6. The molecule has 198 valence electrons. The highest BCUT2D eigenvalue weighted by molar-refractivity contribution is 6.04. The second-order valence-corrected chi connectivity index (χ2v) is 8.85. The Morgan fingerprint density at radius 1 is 0.974 bits per heavy atom. The molecule has 0 bridgehead atoms. The number of amides is 4. The predicted molar refractivity (Wildman–Crippen MR) is 140 cm³/mol. The van der Waals surface area contributed by atoms with Crippen LogP contribution in [0.2, 0.25) is 0 Å². The van der Waals surface area contributed by atoms with Crippen molar-refractivity contribution in [2.45, 2.75) is 31.9 Å². The maximum Gasteiger partial charge on any atom is 0.287 e. The van der Waals surface area contributed by atoms with E-state index in [-0.39, 0.29) is 30.2 Å². The molecule has 10 nitrogen and oxygen atoms in total. The van der Waals surface area contributed by atoms with Gasteiger partial charge in [-0.15, -0.1) is 0 Å². The van der Waals surface area contributed by atoms with Crippen molar-refractivity contribution in [1.29, 1.82) is 0 Å². The molecule has 0 unspecified atom stereocenters. The van der Waals surface area contributed by atoms with Crippen LogP contribution in [0.15, 0.2) is 77.4 Å². The van der Waals surface area contributed by atoms with Gasteiger partial charge in [-0.05, 0) is 54.8 Å². The molecule has 0 radical (unpaired) electrons. The van der Waals surface area contributed by atoms with Crippen molar-refractivity contribution in [3.8, 4) is 0 Å². The first-order valence-electron chi connectivity index (χ1n) is 12.4. The highest BCUT2D eigenvalue weighted by Crippen LogP contribution is 2.29. The van der Waals surface area contributed by atoms with Crippen LogP contribution in [0.3, 0.4) is 0 Å². The Bertz CT molecular complexity index is 1240. The fourth-order valence-electron chi connectivity index (χ4n) is 4.25. The van der Waals surface area contributed by atoms with Gasteiger partial charge in [0.1, 0.15) is 6.04 Å². The lowest BCUT2D eigenvalue weighted by Gasteiger charge is -2.32. The van der Waals surface area contributed by atoms with Crippen molar-refractivity contribution in [3.63, 3.8) is 0 Å². The molecule has 4 amide bonds. The summed E-state index contributed by atoms with van der Waals surface area (Å²) >= 11 is 0. The van der Waals surface area contributed by atoms with Crippen molar-refractivity contribution < 1.29 is 28.3 Å². The summed E-state index contributed by atoms with van der Waals surface area (Å²) < 4.78 is 10.7. The standard InChI is InChI=1S/C28H30N4O6/c1-19(33)31-21-11-13-22(14-12-21)32(25(34)18-30-27(35)24-10-6-16-38-24)26(20-7-3-2-4-8-20)28(36)29-17-23-9-5-15-37-23/h2-4,6-8,10-14,16,23,26H,5,9,15,17-18H2,1H3,(H,29,36)(H,30,35)(H,31,33)/t23-,26-/m1/s1. The maximum absolute atomic E-state index is 13.7. The number of rotatable bonds is 10. The Hall–Kier alpha value is -4.44. The Kier molecular flexibility index (Phi) is 8.89. The van der Waals surface area contributed by atoms with Gasteiger partial charge in [-0.1, -0.05) is 30.3 Å². The van der Waals surface area contributed by atoms with Gasteiger partial charge < -0.3 is 25.1 Å². The third-order valence-electron chi connectivity index (χ3n) is 6.03. The number of furan rings is 1. The van der Waals surface area contributed by atoms with Crippen LogP contribution in [-0.4, -0.2) is 49.4 Å². The molecular weight excluding hydrogens is 488 g/mol. The van der Waals surface area contributed by atoms with Crippen molar-refractivity contribution in [2.75, 3.05) is 29.9 Å². The lowest BCUT2D eigenvalue weighted by Crippen LogP contribution is -2.48. The van der Waals surface area contributed by atoms with Crippen LogP contribution in [0.5, 0.6) is 0 Å². The summed E-state index contributed by atoms with van der Waals surface area (Å²) in [4.78, 5) is 52.5. The Balaban J connectivity index is 1.64. The van der Waals surface area contributed by atoms with Crippen LogP contribution in [0.25, 0.3) is 0 Å². The van der Waals surface area contributed by atoms with E-state index in [2.05, 4.69) is 16.0 Å². The van der Waals surface area contributed by atoms with Gasteiger partial charge in [0.15, 0.2) is 5.76 Å². The molecule has 1 aromatic heterocycles. The molecule has 0 spiro atoms. The van der Waals surface area contributed by atoms with Gasteiger partial charge in [0.25, 0.3) is 5.91 Å². The van der Waals surface area contributed by atoms with Crippen LogP contribution in [0.1, 0.15) is 41.9 Å². The number of nitrogens with zero attached hydrogens (tertiary/aromatic N) is 1. The van der Waals surface area contributed by atoms with E-state index in [9.17, 15) is 19.2 Å². The fraction of sp³-hybridized carbons (Fsp3) is 0.286. The molecule has 2 atom stereocenters. The summed E-state index contributed by atoms with van der Waals surface area (Å²) in [5.41, 5.74) is 1.55. The Morgan fingerprint density at radius 3 is 2.37 bits per heavy atom. The molecule has 1 aliphatic heterocycles. The van der Waals surface area contributed by atoms with E-state index in [0.29, 0.717) is 30.1 Å². The topological polar surface area (TPSA) is 130 Å². The highest BCUT2D eigenvalue weighted by atomic mass is 16.5. The minimum Gasteiger partial charge on any atom is -0.459 e. The van der Waals surface area contributed by atoms with Crippen LogP contribution in [0, 0.1) is 0 Å². The van der Waals surface area contributed by atoms with E-state index in [1.807, 2.05) is 6.07 Å². The normalized spacial score (nSPS) is 15.3. The molecule has 0 saturated carbocycles. The second kappa shape index (κ2) is 12.7. The summed E-state index contributed by atoms with van der Waals surface area (Å²) in [7, 11) is 0.